The van der Waals surface area contributed by atoms with Gasteiger partial charge in [-0.2, -0.15) is 0 Å². The van der Waals surface area contributed by atoms with Crippen molar-refractivity contribution >= 4 is 25.7 Å². The second kappa shape index (κ2) is 39.0. The standard InChI is InChI=1S/C44H76NO10P/c1-3-5-7-9-11-13-15-17-19-20-22-23-25-27-29-31-33-35-42(46)52-37-40(38-53-56(50,51)54-39-41(45)44(48)49)55-43(47)36-34-32-30-28-26-24-21-18-16-14-12-10-8-6-4-2/h11,13,17,19,22-23,26-29,40-41H,3-10,12,14-16,18,20-21,24-25,30-39,45H2,1-2H3,(H,48,49)(H,50,51)/b13-11+,19-17+,23-22+,28-26+,29-27+/t40-,41+/m1/s1. The molecule has 0 spiro atoms. The Kier molecular flexibility index (Phi) is 37.1. The Morgan fingerprint density at radius 3 is 1.52 bits per heavy atom. The lowest BCUT2D eigenvalue weighted by Crippen LogP contribution is -2.34. The van der Waals surface area contributed by atoms with Crippen LogP contribution in [0.2, 0.25) is 0 Å². The fourth-order valence-corrected chi connectivity index (χ4v) is 6.12. The summed E-state index contributed by atoms with van der Waals surface area (Å²) in [6.07, 6.45) is 44.4. The second-order valence-electron chi connectivity index (χ2n) is 14.1. The van der Waals surface area contributed by atoms with Crippen LogP contribution in [-0.4, -0.2) is 59.9 Å². The van der Waals surface area contributed by atoms with E-state index in [0.29, 0.717) is 19.3 Å². The highest BCUT2D eigenvalue weighted by Gasteiger charge is 2.28. The molecular formula is C44H76NO10P. The highest BCUT2D eigenvalue weighted by Crippen LogP contribution is 2.43. The second-order valence-corrected chi connectivity index (χ2v) is 15.6. The monoisotopic (exact) mass is 810 g/mol. The third-order valence-corrected chi connectivity index (χ3v) is 9.69. The van der Waals surface area contributed by atoms with E-state index in [1.807, 2.05) is 12.2 Å². The maximum absolute atomic E-state index is 12.6. The molecule has 0 saturated heterocycles. The van der Waals surface area contributed by atoms with Crippen LogP contribution in [-0.2, 0) is 37.5 Å². The van der Waals surface area contributed by atoms with E-state index in [2.05, 4.69) is 67.0 Å². The number of carbonyl (C=O) groups is 3. The number of rotatable bonds is 39. The zero-order valence-electron chi connectivity index (χ0n) is 34.7. The van der Waals surface area contributed by atoms with Crippen molar-refractivity contribution < 1.29 is 47.5 Å². The minimum atomic E-state index is -4.73. The van der Waals surface area contributed by atoms with Gasteiger partial charge in [0, 0.05) is 12.8 Å². The van der Waals surface area contributed by atoms with Crippen molar-refractivity contribution in [2.24, 2.45) is 5.73 Å². The van der Waals surface area contributed by atoms with E-state index in [0.717, 1.165) is 44.9 Å². The van der Waals surface area contributed by atoms with Crippen LogP contribution in [0.1, 0.15) is 168 Å². The summed E-state index contributed by atoms with van der Waals surface area (Å²) >= 11 is 0. The van der Waals surface area contributed by atoms with Gasteiger partial charge in [0.2, 0.25) is 0 Å². The molecule has 0 bridgehead atoms. The van der Waals surface area contributed by atoms with Crippen molar-refractivity contribution in [1.82, 2.24) is 0 Å². The summed E-state index contributed by atoms with van der Waals surface area (Å²) in [6, 6.07) is -1.53. The van der Waals surface area contributed by atoms with Crippen molar-refractivity contribution in [3.05, 3.63) is 60.8 Å². The molecule has 1 unspecified atom stereocenters. The lowest BCUT2D eigenvalue weighted by atomic mass is 10.1. The molecule has 0 aliphatic carbocycles. The lowest BCUT2D eigenvalue weighted by molar-refractivity contribution is -0.161. The summed E-state index contributed by atoms with van der Waals surface area (Å²) in [5.41, 5.74) is 5.32. The maximum atomic E-state index is 12.6. The first-order valence-corrected chi connectivity index (χ1v) is 22.8. The zero-order valence-corrected chi connectivity index (χ0v) is 35.6. The number of ether oxygens (including phenoxy) is 2. The molecule has 11 nitrogen and oxygen atoms in total. The molecule has 0 amide bonds. The van der Waals surface area contributed by atoms with Crippen LogP contribution < -0.4 is 5.73 Å². The Morgan fingerprint density at radius 1 is 0.554 bits per heavy atom. The van der Waals surface area contributed by atoms with E-state index < -0.39 is 51.1 Å². The minimum absolute atomic E-state index is 0.117. The molecule has 4 N–H and O–H groups in total. The van der Waals surface area contributed by atoms with Crippen LogP contribution in [0.15, 0.2) is 60.8 Å². The summed E-state index contributed by atoms with van der Waals surface area (Å²) in [7, 11) is -4.73. The maximum Gasteiger partial charge on any atom is 0.472 e. The molecule has 0 aromatic carbocycles. The molecule has 0 rings (SSSR count). The number of unbranched alkanes of at least 4 members (excludes halogenated alkanes) is 15. The average molecular weight is 810 g/mol. The van der Waals surface area contributed by atoms with Gasteiger partial charge in [-0.25, -0.2) is 4.57 Å². The SMILES string of the molecule is CCCCC/C=C/C/C=C/C/C=C/C/C=C/CCCC(=O)OC[C@H](COP(=O)(O)OC[C@H](N)C(=O)O)OC(=O)CCCC/C=C/CCCCCCCCCCC. The molecular weight excluding hydrogens is 733 g/mol. The van der Waals surface area contributed by atoms with E-state index >= 15 is 0 Å². The molecule has 0 fully saturated rings. The number of allylic oxidation sites excluding steroid dienone is 10. The van der Waals surface area contributed by atoms with Gasteiger partial charge in [-0.05, 0) is 77.0 Å². The van der Waals surface area contributed by atoms with Crippen molar-refractivity contribution in [1.29, 1.82) is 0 Å². The molecule has 12 heteroatoms. The number of carboxylic acid groups (broad SMARTS) is 1. The summed E-state index contributed by atoms with van der Waals surface area (Å²) in [5, 5.41) is 8.88. The molecule has 0 aromatic rings. The first-order chi connectivity index (χ1) is 27.1. The number of carboxylic acids is 1. The van der Waals surface area contributed by atoms with E-state index in [4.69, 9.17) is 24.8 Å². The van der Waals surface area contributed by atoms with Crippen LogP contribution >= 0.6 is 7.82 Å². The number of esters is 2. The van der Waals surface area contributed by atoms with Gasteiger partial charge in [0.1, 0.15) is 12.6 Å². The quantitative estimate of drug-likeness (QED) is 0.0233. The normalized spacial score (nSPS) is 14.4. The molecule has 0 radical (unpaired) electrons. The molecule has 0 saturated carbocycles. The van der Waals surface area contributed by atoms with Crippen molar-refractivity contribution in [3.8, 4) is 0 Å². The summed E-state index contributed by atoms with van der Waals surface area (Å²) in [6.45, 7) is 2.69. The average Bonchev–Trinajstić information content (AvgIpc) is 3.17. The van der Waals surface area contributed by atoms with Gasteiger partial charge in [-0.15, -0.1) is 0 Å². The molecule has 0 aliphatic rings. The molecule has 3 atom stereocenters. The smallest absolute Gasteiger partial charge is 0.472 e. The Hall–Kier alpha value is -2.82. The van der Waals surface area contributed by atoms with Gasteiger partial charge in [-0.1, -0.05) is 139 Å². The highest BCUT2D eigenvalue weighted by atomic mass is 31.2. The molecule has 0 heterocycles. The topological polar surface area (TPSA) is 172 Å². The summed E-state index contributed by atoms with van der Waals surface area (Å²) in [5.74, 6) is -2.48. The highest BCUT2D eigenvalue weighted by molar-refractivity contribution is 7.47. The molecule has 0 aliphatic heterocycles. The van der Waals surface area contributed by atoms with Gasteiger partial charge < -0.3 is 25.2 Å². The number of aliphatic carboxylic acids is 1. The summed E-state index contributed by atoms with van der Waals surface area (Å²) in [4.78, 5) is 45.9. The molecule has 0 aromatic heterocycles. The number of hydrogen-bond donors (Lipinski definition) is 3. The number of hydrogen-bond acceptors (Lipinski definition) is 9. The fourth-order valence-electron chi connectivity index (χ4n) is 5.34. The Labute approximate surface area is 338 Å². The minimum Gasteiger partial charge on any atom is -0.480 e. The van der Waals surface area contributed by atoms with Gasteiger partial charge in [0.15, 0.2) is 6.10 Å². The number of carbonyl (C=O) groups excluding carboxylic acids is 2. The largest absolute Gasteiger partial charge is 0.480 e. The first kappa shape index (κ1) is 53.2. The van der Waals surface area contributed by atoms with E-state index in [1.54, 1.807) is 0 Å². The third-order valence-electron chi connectivity index (χ3n) is 8.74. The van der Waals surface area contributed by atoms with Crippen molar-refractivity contribution in [2.75, 3.05) is 19.8 Å². The van der Waals surface area contributed by atoms with Crippen LogP contribution in [0.25, 0.3) is 0 Å². The van der Waals surface area contributed by atoms with Gasteiger partial charge in [0.25, 0.3) is 0 Å². The Bertz CT molecular complexity index is 1180. The van der Waals surface area contributed by atoms with E-state index in [1.165, 1.54) is 77.0 Å². The van der Waals surface area contributed by atoms with Gasteiger partial charge >= 0.3 is 25.7 Å². The van der Waals surface area contributed by atoms with Crippen LogP contribution in [0.5, 0.6) is 0 Å². The van der Waals surface area contributed by atoms with Crippen molar-refractivity contribution in [2.45, 2.75) is 180 Å². The predicted molar refractivity (Wildman–Crippen MR) is 226 cm³/mol. The van der Waals surface area contributed by atoms with Crippen LogP contribution in [0.4, 0.5) is 0 Å². The van der Waals surface area contributed by atoms with E-state index in [-0.39, 0.29) is 19.4 Å². The first-order valence-electron chi connectivity index (χ1n) is 21.3. The molecule has 56 heavy (non-hydrogen) atoms. The van der Waals surface area contributed by atoms with Crippen LogP contribution in [0, 0.1) is 0 Å². The number of nitrogens with two attached hydrogens (primary N) is 1. The van der Waals surface area contributed by atoms with Crippen molar-refractivity contribution in [3.63, 3.8) is 0 Å². The zero-order chi connectivity index (χ0) is 41.4. The third kappa shape index (κ3) is 38.1. The Morgan fingerprint density at radius 2 is 0.964 bits per heavy atom. The lowest BCUT2D eigenvalue weighted by Gasteiger charge is -2.20. The van der Waals surface area contributed by atoms with Crippen LogP contribution in [0.3, 0.4) is 0 Å². The van der Waals surface area contributed by atoms with Gasteiger partial charge in [0.05, 0.1) is 13.2 Å². The molecule has 322 valence electrons. The van der Waals surface area contributed by atoms with Gasteiger partial charge in [-0.3, -0.25) is 23.4 Å². The number of phosphoric acid groups is 1. The summed E-state index contributed by atoms with van der Waals surface area (Å²) < 4.78 is 32.6. The Balaban J connectivity index is 4.51. The number of phosphoric ester groups is 1. The fraction of sp³-hybridized carbons (Fsp3) is 0.705. The van der Waals surface area contributed by atoms with E-state index in [9.17, 15) is 23.8 Å². The predicted octanol–water partition coefficient (Wildman–Crippen LogP) is 11.2.